The van der Waals surface area contributed by atoms with Crippen LogP contribution in [0.25, 0.3) is 11.3 Å². The number of benzene rings is 2. The van der Waals surface area contributed by atoms with Crippen LogP contribution >= 0.6 is 27.3 Å². The molecule has 0 radical (unpaired) electrons. The summed E-state index contributed by atoms with van der Waals surface area (Å²) in [6, 6.07) is 12.6. The summed E-state index contributed by atoms with van der Waals surface area (Å²) in [7, 11) is -0.0848. The second kappa shape index (κ2) is 9.18. The fourth-order valence-corrected chi connectivity index (χ4v) is 6.56. The molecule has 3 aromatic rings. The molecule has 6 nitrogen and oxygen atoms in total. The van der Waals surface area contributed by atoms with Gasteiger partial charge in [0, 0.05) is 34.6 Å². The van der Waals surface area contributed by atoms with Crippen molar-refractivity contribution < 1.29 is 17.9 Å². The SMILES string of the molecule is COc1cc(OC)cc(-c2csc(N3CCC(S(=O)(=O)c4ccc(Br)cc4)CC3)n2)c1. The third-order valence-electron chi connectivity index (χ3n) is 5.43. The van der Waals surface area contributed by atoms with Crippen LogP contribution in [-0.2, 0) is 9.84 Å². The summed E-state index contributed by atoms with van der Waals surface area (Å²) in [5, 5.41) is 2.54. The fourth-order valence-electron chi connectivity index (χ4n) is 3.67. The highest BCUT2D eigenvalue weighted by Crippen LogP contribution is 2.34. The lowest BCUT2D eigenvalue weighted by molar-refractivity contribution is 0.394. The Hall–Kier alpha value is -2.10. The highest BCUT2D eigenvalue weighted by Gasteiger charge is 2.32. The minimum absolute atomic E-state index is 0.369. The summed E-state index contributed by atoms with van der Waals surface area (Å²) in [5.41, 5.74) is 1.77. The maximum absolute atomic E-state index is 13.0. The molecule has 9 heteroatoms. The Morgan fingerprint density at radius 3 is 2.23 bits per heavy atom. The summed E-state index contributed by atoms with van der Waals surface area (Å²) < 4.78 is 37.5. The van der Waals surface area contributed by atoms with Gasteiger partial charge < -0.3 is 14.4 Å². The largest absolute Gasteiger partial charge is 0.497 e. The molecule has 0 aliphatic carbocycles. The van der Waals surface area contributed by atoms with Crippen LogP contribution in [0.2, 0.25) is 0 Å². The number of hydrogen-bond donors (Lipinski definition) is 0. The molecule has 0 bridgehead atoms. The Bertz CT molecular complexity index is 1130. The molecule has 0 amide bonds. The molecule has 4 rings (SSSR count). The lowest BCUT2D eigenvalue weighted by atomic mass is 10.1. The van der Waals surface area contributed by atoms with E-state index in [-0.39, 0.29) is 5.25 Å². The fraction of sp³-hybridized carbons (Fsp3) is 0.318. The van der Waals surface area contributed by atoms with E-state index < -0.39 is 9.84 Å². The van der Waals surface area contributed by atoms with Gasteiger partial charge in [0.15, 0.2) is 15.0 Å². The highest BCUT2D eigenvalue weighted by molar-refractivity contribution is 9.10. The number of halogens is 1. The molecule has 1 saturated heterocycles. The average molecular weight is 523 g/mol. The van der Waals surface area contributed by atoms with Gasteiger partial charge in [-0.3, -0.25) is 0 Å². The number of anilines is 1. The van der Waals surface area contributed by atoms with E-state index in [1.165, 1.54) is 0 Å². The van der Waals surface area contributed by atoms with Crippen molar-refractivity contribution in [3.63, 3.8) is 0 Å². The van der Waals surface area contributed by atoms with Crippen molar-refractivity contribution in [1.29, 1.82) is 0 Å². The summed E-state index contributed by atoms with van der Waals surface area (Å²) >= 11 is 4.92. The summed E-state index contributed by atoms with van der Waals surface area (Å²) in [6.45, 7) is 1.32. The smallest absolute Gasteiger partial charge is 0.185 e. The van der Waals surface area contributed by atoms with E-state index in [0.29, 0.717) is 42.3 Å². The normalized spacial score (nSPS) is 15.1. The predicted molar refractivity (Wildman–Crippen MR) is 127 cm³/mol. The number of piperidine rings is 1. The Kier molecular flexibility index (Phi) is 6.55. The molecule has 0 N–H and O–H groups in total. The zero-order valence-corrected chi connectivity index (χ0v) is 20.5. The first kappa shape index (κ1) is 22.1. The number of aromatic nitrogens is 1. The van der Waals surface area contributed by atoms with E-state index in [1.54, 1.807) is 49.8 Å². The maximum Gasteiger partial charge on any atom is 0.185 e. The van der Waals surface area contributed by atoms with Crippen LogP contribution in [0.3, 0.4) is 0 Å². The molecule has 0 atom stereocenters. The Balaban J connectivity index is 1.47. The number of hydrogen-bond acceptors (Lipinski definition) is 7. The van der Waals surface area contributed by atoms with E-state index in [4.69, 9.17) is 14.5 Å². The van der Waals surface area contributed by atoms with Gasteiger partial charge in [0.05, 0.1) is 30.1 Å². The first-order valence-electron chi connectivity index (χ1n) is 9.84. The van der Waals surface area contributed by atoms with Crippen molar-refractivity contribution in [2.24, 2.45) is 0 Å². The van der Waals surface area contributed by atoms with Crippen molar-refractivity contribution in [3.05, 3.63) is 52.3 Å². The summed E-state index contributed by atoms with van der Waals surface area (Å²) in [4.78, 5) is 7.34. The zero-order valence-electron chi connectivity index (χ0n) is 17.2. The van der Waals surface area contributed by atoms with Crippen LogP contribution < -0.4 is 14.4 Å². The third kappa shape index (κ3) is 4.73. The van der Waals surface area contributed by atoms with Gasteiger partial charge in [0.25, 0.3) is 0 Å². The predicted octanol–water partition coefficient (Wildman–Crippen LogP) is 5.03. The minimum atomic E-state index is -3.33. The quantitative estimate of drug-likeness (QED) is 0.452. The van der Waals surface area contributed by atoms with Gasteiger partial charge in [-0.1, -0.05) is 15.9 Å². The first-order chi connectivity index (χ1) is 14.9. The van der Waals surface area contributed by atoms with Crippen molar-refractivity contribution >= 4 is 42.2 Å². The molecule has 2 aromatic carbocycles. The molecule has 1 fully saturated rings. The van der Waals surface area contributed by atoms with Crippen molar-refractivity contribution in [2.45, 2.75) is 23.0 Å². The van der Waals surface area contributed by atoms with E-state index in [9.17, 15) is 8.42 Å². The van der Waals surface area contributed by atoms with Crippen molar-refractivity contribution in [1.82, 2.24) is 4.98 Å². The van der Waals surface area contributed by atoms with Crippen LogP contribution in [0.5, 0.6) is 11.5 Å². The third-order valence-corrected chi connectivity index (χ3v) is 9.14. The van der Waals surface area contributed by atoms with E-state index in [1.807, 2.05) is 23.6 Å². The van der Waals surface area contributed by atoms with Gasteiger partial charge in [-0.15, -0.1) is 11.3 Å². The maximum atomic E-state index is 13.0. The number of sulfone groups is 1. The van der Waals surface area contributed by atoms with Crippen molar-refractivity contribution in [3.8, 4) is 22.8 Å². The Labute approximate surface area is 194 Å². The molecular weight excluding hydrogens is 500 g/mol. The molecule has 0 spiro atoms. The molecule has 0 unspecified atom stereocenters. The second-order valence-corrected chi connectivity index (χ2v) is 11.3. The van der Waals surface area contributed by atoms with Gasteiger partial charge in [0.2, 0.25) is 0 Å². The van der Waals surface area contributed by atoms with Gasteiger partial charge >= 0.3 is 0 Å². The van der Waals surface area contributed by atoms with Crippen LogP contribution in [0.1, 0.15) is 12.8 Å². The minimum Gasteiger partial charge on any atom is -0.497 e. The van der Waals surface area contributed by atoms with Gasteiger partial charge in [0.1, 0.15) is 11.5 Å². The van der Waals surface area contributed by atoms with Gasteiger partial charge in [-0.2, -0.15) is 0 Å². The summed E-state index contributed by atoms with van der Waals surface area (Å²) in [5.74, 6) is 1.42. The van der Waals surface area contributed by atoms with E-state index in [0.717, 1.165) is 20.9 Å². The van der Waals surface area contributed by atoms with E-state index >= 15 is 0 Å². The Morgan fingerprint density at radius 2 is 1.65 bits per heavy atom. The summed E-state index contributed by atoms with van der Waals surface area (Å²) in [6.07, 6.45) is 1.17. The molecule has 164 valence electrons. The molecular formula is C22H23BrN2O4S2. The molecule has 31 heavy (non-hydrogen) atoms. The number of ether oxygens (including phenoxy) is 2. The van der Waals surface area contributed by atoms with Gasteiger partial charge in [-0.05, 0) is 49.2 Å². The number of nitrogens with zero attached hydrogens (tertiary/aromatic N) is 2. The molecule has 2 heterocycles. The van der Waals surface area contributed by atoms with E-state index in [2.05, 4.69) is 20.8 Å². The average Bonchev–Trinajstić information content (AvgIpc) is 3.29. The zero-order chi connectivity index (χ0) is 22.0. The highest BCUT2D eigenvalue weighted by atomic mass is 79.9. The lowest BCUT2D eigenvalue weighted by Gasteiger charge is -2.31. The van der Waals surface area contributed by atoms with Crippen molar-refractivity contribution in [2.75, 3.05) is 32.2 Å². The Morgan fingerprint density at radius 1 is 1.03 bits per heavy atom. The molecule has 0 saturated carbocycles. The number of thiazole rings is 1. The molecule has 1 aliphatic rings. The monoisotopic (exact) mass is 522 g/mol. The van der Waals surface area contributed by atoms with Crippen LogP contribution in [-0.4, -0.2) is 46.0 Å². The van der Waals surface area contributed by atoms with Crippen LogP contribution in [0.4, 0.5) is 5.13 Å². The number of rotatable bonds is 6. The topological polar surface area (TPSA) is 68.7 Å². The first-order valence-corrected chi connectivity index (χ1v) is 13.1. The standard InChI is InChI=1S/C22H23BrN2O4S2/c1-28-17-11-15(12-18(13-17)29-2)21-14-30-22(24-21)25-9-7-20(8-10-25)31(26,27)19-5-3-16(23)4-6-19/h3-6,11-14,20H,7-10H2,1-2H3. The lowest BCUT2D eigenvalue weighted by Crippen LogP contribution is -2.39. The molecule has 1 aromatic heterocycles. The van der Waals surface area contributed by atoms with Crippen LogP contribution in [0, 0.1) is 0 Å². The van der Waals surface area contributed by atoms with Gasteiger partial charge in [-0.25, -0.2) is 13.4 Å². The van der Waals surface area contributed by atoms with Crippen LogP contribution in [0.15, 0.2) is 57.2 Å². The second-order valence-electron chi connectivity index (χ2n) is 7.30. The number of methoxy groups -OCH3 is 2. The molecule has 1 aliphatic heterocycles.